The number of aliphatic carboxylic acids is 1. The van der Waals surface area contributed by atoms with Crippen LogP contribution in [-0.4, -0.2) is 48.4 Å². The van der Waals surface area contributed by atoms with Crippen LogP contribution in [0.15, 0.2) is 36.4 Å². The molecule has 10 heteroatoms. The molecule has 2 aromatic rings. The largest absolute Gasteiger partial charge is 0.492 e. The van der Waals surface area contributed by atoms with Crippen molar-refractivity contribution in [1.29, 1.82) is 0 Å². The number of carbonyl (C=O) groups is 2. The van der Waals surface area contributed by atoms with Crippen molar-refractivity contribution in [3.63, 3.8) is 0 Å². The average Bonchev–Trinajstić information content (AvgIpc) is 3.34. The van der Waals surface area contributed by atoms with Gasteiger partial charge in [-0.05, 0) is 46.0 Å². The summed E-state index contributed by atoms with van der Waals surface area (Å²) in [5.41, 5.74) is 5.32. The molecule has 0 aromatic heterocycles. The van der Waals surface area contributed by atoms with E-state index in [1.165, 1.54) is 7.11 Å². The summed E-state index contributed by atoms with van der Waals surface area (Å²) in [6.45, 7) is 0.833. The molecule has 0 radical (unpaired) electrons. The number of esters is 1. The quantitative estimate of drug-likeness (QED) is 0.434. The molecule has 0 spiro atoms. The second-order valence-electron chi connectivity index (χ2n) is 7.28. The van der Waals surface area contributed by atoms with E-state index in [9.17, 15) is 19.6 Å². The summed E-state index contributed by atoms with van der Waals surface area (Å²) in [5.74, 6) is -1.08. The van der Waals surface area contributed by atoms with E-state index >= 15 is 0 Å². The SMILES string of the molecule is COC(=O)CCc1cccc2c1B(O)OC2.O=C(O)CCc1cccc2c1B(O)OC2. The highest BCUT2D eigenvalue weighted by atomic mass is 16.5. The Morgan fingerprint density at radius 1 is 0.903 bits per heavy atom. The highest BCUT2D eigenvalue weighted by Gasteiger charge is 2.30. The zero-order chi connectivity index (χ0) is 22.4. The van der Waals surface area contributed by atoms with Crippen LogP contribution in [0.25, 0.3) is 0 Å². The first-order valence-corrected chi connectivity index (χ1v) is 10.00. The maximum Gasteiger partial charge on any atom is 0.492 e. The van der Waals surface area contributed by atoms with Crippen LogP contribution in [-0.2, 0) is 49.7 Å². The van der Waals surface area contributed by atoms with E-state index in [0.717, 1.165) is 33.2 Å². The summed E-state index contributed by atoms with van der Waals surface area (Å²) in [5, 5.41) is 27.8. The number of fused-ring (bicyclic) bond motifs is 2. The number of rotatable bonds is 6. The van der Waals surface area contributed by atoms with Crippen LogP contribution in [0.4, 0.5) is 0 Å². The number of hydrogen-bond donors (Lipinski definition) is 3. The molecule has 0 fully saturated rings. The van der Waals surface area contributed by atoms with Crippen LogP contribution in [0, 0.1) is 0 Å². The summed E-state index contributed by atoms with van der Waals surface area (Å²) >= 11 is 0. The Labute approximate surface area is 181 Å². The van der Waals surface area contributed by atoms with Crippen molar-refractivity contribution in [1.82, 2.24) is 0 Å². The fourth-order valence-corrected chi connectivity index (χ4v) is 3.74. The van der Waals surface area contributed by atoms with Gasteiger partial charge in [0, 0.05) is 12.8 Å². The molecule has 0 saturated heterocycles. The van der Waals surface area contributed by atoms with Crippen LogP contribution >= 0.6 is 0 Å². The molecule has 2 aliphatic rings. The molecular weight excluding hydrogens is 402 g/mol. The lowest BCUT2D eigenvalue weighted by atomic mass is 9.75. The third-order valence-electron chi connectivity index (χ3n) is 5.30. The van der Waals surface area contributed by atoms with Crippen LogP contribution in [0.5, 0.6) is 0 Å². The van der Waals surface area contributed by atoms with Crippen molar-refractivity contribution < 1.29 is 38.8 Å². The maximum absolute atomic E-state index is 11.1. The molecule has 0 aliphatic carbocycles. The predicted molar refractivity (Wildman–Crippen MR) is 114 cm³/mol. The third-order valence-corrected chi connectivity index (χ3v) is 5.30. The van der Waals surface area contributed by atoms with Crippen LogP contribution in [0.1, 0.15) is 35.1 Å². The van der Waals surface area contributed by atoms with Gasteiger partial charge in [-0.1, -0.05) is 36.4 Å². The minimum Gasteiger partial charge on any atom is -0.481 e. The summed E-state index contributed by atoms with van der Waals surface area (Å²) in [7, 11) is -0.385. The monoisotopic (exact) mass is 426 g/mol. The molecule has 0 bridgehead atoms. The second-order valence-corrected chi connectivity index (χ2v) is 7.28. The van der Waals surface area contributed by atoms with Gasteiger partial charge < -0.3 is 29.2 Å². The Hall–Kier alpha value is -2.65. The van der Waals surface area contributed by atoms with Gasteiger partial charge >= 0.3 is 26.2 Å². The Morgan fingerprint density at radius 3 is 1.84 bits per heavy atom. The molecule has 3 N–H and O–H groups in total. The first-order valence-electron chi connectivity index (χ1n) is 10.00. The van der Waals surface area contributed by atoms with E-state index in [0.29, 0.717) is 32.5 Å². The lowest BCUT2D eigenvalue weighted by molar-refractivity contribution is -0.140. The van der Waals surface area contributed by atoms with E-state index < -0.39 is 20.2 Å². The molecule has 8 nitrogen and oxygen atoms in total. The summed E-state index contributed by atoms with van der Waals surface area (Å²) in [6.07, 6.45) is 1.39. The van der Waals surface area contributed by atoms with Crippen molar-refractivity contribution >= 4 is 37.1 Å². The van der Waals surface area contributed by atoms with E-state index in [1.54, 1.807) is 0 Å². The summed E-state index contributed by atoms with van der Waals surface area (Å²) in [6, 6.07) is 11.3. The topological polar surface area (TPSA) is 123 Å². The van der Waals surface area contributed by atoms with Crippen molar-refractivity contribution in [3.05, 3.63) is 58.7 Å². The van der Waals surface area contributed by atoms with E-state index in [2.05, 4.69) is 4.74 Å². The highest BCUT2D eigenvalue weighted by Crippen LogP contribution is 2.15. The zero-order valence-electron chi connectivity index (χ0n) is 17.2. The molecule has 0 atom stereocenters. The Morgan fingerprint density at radius 2 is 1.39 bits per heavy atom. The number of aryl methyl sites for hydroxylation is 2. The van der Waals surface area contributed by atoms with E-state index in [4.69, 9.17) is 14.4 Å². The molecule has 31 heavy (non-hydrogen) atoms. The molecule has 2 aromatic carbocycles. The highest BCUT2D eigenvalue weighted by molar-refractivity contribution is 6.62. The summed E-state index contributed by atoms with van der Waals surface area (Å²) in [4.78, 5) is 21.5. The van der Waals surface area contributed by atoms with E-state index in [1.807, 2.05) is 36.4 Å². The van der Waals surface area contributed by atoms with Gasteiger partial charge in [0.2, 0.25) is 0 Å². The van der Waals surface area contributed by atoms with Crippen molar-refractivity contribution in [2.75, 3.05) is 7.11 Å². The summed E-state index contributed by atoms with van der Waals surface area (Å²) < 4.78 is 14.8. The van der Waals surface area contributed by atoms with Crippen molar-refractivity contribution in [2.24, 2.45) is 0 Å². The number of carboxylic acid groups (broad SMARTS) is 1. The van der Waals surface area contributed by atoms with Gasteiger partial charge in [-0.25, -0.2) is 0 Å². The minimum absolute atomic E-state index is 0.0726. The van der Waals surface area contributed by atoms with Gasteiger partial charge in [0.25, 0.3) is 0 Å². The Bertz CT molecular complexity index is 949. The lowest BCUT2D eigenvalue weighted by Gasteiger charge is -2.07. The third kappa shape index (κ3) is 5.74. The fraction of sp³-hybridized carbons (Fsp3) is 0.333. The second kappa shape index (κ2) is 10.6. The Kier molecular flexibility index (Phi) is 7.86. The fourth-order valence-electron chi connectivity index (χ4n) is 3.74. The standard InChI is InChI=1S/C11H13BO4.C10H11BO4/c1-15-10(13)6-5-8-3-2-4-9-7-16-12(14)11(8)9;12-9(13)5-4-7-2-1-3-8-6-15-11(14)10(7)8/h2-4,14H,5-7H2,1H3;1-3,14H,4-6H2,(H,12,13). The number of hydrogen-bond acceptors (Lipinski definition) is 7. The normalized spacial score (nSPS) is 13.9. The number of ether oxygens (including phenoxy) is 1. The Balaban J connectivity index is 0.000000176. The maximum atomic E-state index is 11.1. The minimum atomic E-state index is -0.898. The van der Waals surface area contributed by atoms with Crippen LogP contribution < -0.4 is 10.9 Å². The molecule has 0 saturated carbocycles. The zero-order valence-corrected chi connectivity index (χ0v) is 17.2. The molecule has 4 rings (SSSR count). The van der Waals surface area contributed by atoms with Gasteiger partial charge in [-0.15, -0.1) is 0 Å². The lowest BCUT2D eigenvalue weighted by Crippen LogP contribution is -2.31. The van der Waals surface area contributed by atoms with E-state index in [-0.39, 0.29) is 12.4 Å². The molecule has 0 amide bonds. The number of methoxy groups -OCH3 is 1. The van der Waals surface area contributed by atoms with Gasteiger partial charge in [-0.3, -0.25) is 9.59 Å². The van der Waals surface area contributed by atoms with Crippen LogP contribution in [0.2, 0.25) is 0 Å². The number of carboxylic acids is 1. The van der Waals surface area contributed by atoms with Gasteiger partial charge in [0.1, 0.15) is 0 Å². The van der Waals surface area contributed by atoms with Crippen molar-refractivity contribution in [3.8, 4) is 0 Å². The predicted octanol–water partition coefficient (Wildman–Crippen LogP) is -0.0686. The molecule has 162 valence electrons. The van der Waals surface area contributed by atoms with Gasteiger partial charge in [0.15, 0.2) is 0 Å². The first kappa shape index (κ1) is 23.0. The van der Waals surface area contributed by atoms with Gasteiger partial charge in [0.05, 0.1) is 20.3 Å². The number of benzene rings is 2. The molecule has 0 unspecified atom stereocenters. The first-order chi connectivity index (χ1) is 14.9. The number of carbonyl (C=O) groups excluding carboxylic acids is 1. The molecule has 2 aliphatic heterocycles. The van der Waals surface area contributed by atoms with Crippen LogP contribution in [0.3, 0.4) is 0 Å². The molecule has 2 heterocycles. The molecular formula is C21H24B2O8. The average molecular weight is 426 g/mol. The van der Waals surface area contributed by atoms with Crippen molar-refractivity contribution in [2.45, 2.75) is 38.9 Å². The van der Waals surface area contributed by atoms with Gasteiger partial charge in [-0.2, -0.15) is 0 Å². The smallest absolute Gasteiger partial charge is 0.481 e.